The first kappa shape index (κ1) is 13.4. The maximum absolute atomic E-state index is 3.76. The molecule has 2 aliphatic rings. The molecule has 0 saturated heterocycles. The fraction of sp³-hybridized carbons (Fsp3) is 1.00. The van der Waals surface area contributed by atoms with Gasteiger partial charge >= 0.3 is 0 Å². The quantitative estimate of drug-likeness (QED) is 0.774. The van der Waals surface area contributed by atoms with E-state index in [0.29, 0.717) is 10.8 Å². The minimum Gasteiger partial charge on any atom is -0.314 e. The van der Waals surface area contributed by atoms with Crippen LogP contribution < -0.4 is 5.32 Å². The van der Waals surface area contributed by atoms with Crippen LogP contribution in [0.15, 0.2) is 0 Å². The van der Waals surface area contributed by atoms with E-state index in [1.54, 1.807) is 0 Å². The summed E-state index contributed by atoms with van der Waals surface area (Å²) in [6.07, 6.45) is 7.08. The molecule has 0 aromatic heterocycles. The highest BCUT2D eigenvalue weighted by Crippen LogP contribution is 2.48. The molecule has 2 unspecified atom stereocenters. The average Bonchev–Trinajstić information content (AvgIpc) is 2.97. The van der Waals surface area contributed by atoms with Crippen molar-refractivity contribution in [3.63, 3.8) is 0 Å². The second-order valence-electron chi connectivity index (χ2n) is 8.32. The molecular formula is C16H31N. The Bertz CT molecular complexity index is 255. The summed E-state index contributed by atoms with van der Waals surface area (Å²) in [5, 5.41) is 3.76. The van der Waals surface area contributed by atoms with Gasteiger partial charge in [0.25, 0.3) is 0 Å². The van der Waals surface area contributed by atoms with E-state index in [1.807, 2.05) is 0 Å². The Kier molecular flexibility index (Phi) is 3.60. The first-order valence-electron chi connectivity index (χ1n) is 7.51. The third kappa shape index (κ3) is 3.71. The van der Waals surface area contributed by atoms with Crippen molar-refractivity contribution in [2.75, 3.05) is 6.54 Å². The molecule has 0 aromatic carbocycles. The molecule has 1 nitrogen and oxygen atoms in total. The highest BCUT2D eigenvalue weighted by molar-refractivity contribution is 4.92. The summed E-state index contributed by atoms with van der Waals surface area (Å²) < 4.78 is 0. The lowest BCUT2D eigenvalue weighted by molar-refractivity contribution is 0.0397. The van der Waals surface area contributed by atoms with E-state index in [1.165, 1.54) is 38.6 Å². The molecule has 1 heteroatoms. The largest absolute Gasteiger partial charge is 0.314 e. The Morgan fingerprint density at radius 1 is 1.12 bits per heavy atom. The molecule has 2 aliphatic carbocycles. The number of rotatable bonds is 3. The van der Waals surface area contributed by atoms with E-state index in [4.69, 9.17) is 0 Å². The second kappa shape index (κ2) is 4.57. The predicted octanol–water partition coefficient (Wildman–Crippen LogP) is 4.23. The van der Waals surface area contributed by atoms with Crippen molar-refractivity contribution in [3.8, 4) is 0 Å². The third-order valence-electron chi connectivity index (χ3n) is 4.89. The first-order valence-corrected chi connectivity index (χ1v) is 7.51. The van der Waals surface area contributed by atoms with Crippen LogP contribution >= 0.6 is 0 Å². The van der Waals surface area contributed by atoms with Gasteiger partial charge in [0.1, 0.15) is 0 Å². The predicted molar refractivity (Wildman–Crippen MR) is 75.1 cm³/mol. The van der Waals surface area contributed by atoms with E-state index >= 15 is 0 Å². The zero-order valence-electron chi connectivity index (χ0n) is 12.5. The van der Waals surface area contributed by atoms with Crippen molar-refractivity contribution in [2.45, 2.75) is 72.8 Å². The fourth-order valence-corrected chi connectivity index (χ4v) is 3.50. The summed E-state index contributed by atoms with van der Waals surface area (Å²) >= 11 is 0. The van der Waals surface area contributed by atoms with Crippen LogP contribution in [-0.4, -0.2) is 12.6 Å². The van der Waals surface area contributed by atoms with E-state index in [0.717, 1.165) is 17.9 Å². The smallest absolute Gasteiger partial charge is 0.00683 e. The maximum atomic E-state index is 3.76. The Morgan fingerprint density at radius 3 is 2.29 bits per heavy atom. The maximum Gasteiger partial charge on any atom is 0.00683 e. The molecule has 0 spiro atoms. The standard InChI is InChI=1S/C16H31N/c1-15(2,3)14-10-16(4,5)9-8-12(14)11-17-13-6-7-13/h12-14,17H,6-11H2,1-5H3. The van der Waals surface area contributed by atoms with Crippen molar-refractivity contribution >= 4 is 0 Å². The molecule has 0 amide bonds. The van der Waals surface area contributed by atoms with Gasteiger partial charge < -0.3 is 5.32 Å². The lowest BCUT2D eigenvalue weighted by Crippen LogP contribution is -2.42. The molecule has 2 fully saturated rings. The molecule has 2 rings (SSSR count). The summed E-state index contributed by atoms with van der Waals surface area (Å²) in [4.78, 5) is 0. The van der Waals surface area contributed by atoms with Crippen molar-refractivity contribution in [1.82, 2.24) is 5.32 Å². The molecule has 0 heterocycles. The molecule has 0 radical (unpaired) electrons. The van der Waals surface area contributed by atoms with E-state index < -0.39 is 0 Å². The van der Waals surface area contributed by atoms with Crippen molar-refractivity contribution < 1.29 is 0 Å². The first-order chi connectivity index (χ1) is 7.78. The summed E-state index contributed by atoms with van der Waals surface area (Å²) in [7, 11) is 0. The van der Waals surface area contributed by atoms with Crippen LogP contribution in [0.4, 0.5) is 0 Å². The Balaban J connectivity index is 1.96. The summed E-state index contributed by atoms with van der Waals surface area (Å²) in [5.74, 6) is 1.79. The van der Waals surface area contributed by atoms with Crippen LogP contribution in [-0.2, 0) is 0 Å². The van der Waals surface area contributed by atoms with Crippen LogP contribution in [0.25, 0.3) is 0 Å². The molecule has 17 heavy (non-hydrogen) atoms. The molecule has 0 bridgehead atoms. The number of nitrogens with one attached hydrogen (secondary N) is 1. The fourth-order valence-electron chi connectivity index (χ4n) is 3.50. The topological polar surface area (TPSA) is 12.0 Å². The Morgan fingerprint density at radius 2 is 1.76 bits per heavy atom. The number of hydrogen-bond acceptors (Lipinski definition) is 1. The minimum absolute atomic E-state index is 0.466. The monoisotopic (exact) mass is 237 g/mol. The molecule has 2 saturated carbocycles. The second-order valence-corrected chi connectivity index (χ2v) is 8.32. The van der Waals surface area contributed by atoms with Gasteiger partial charge in [-0.25, -0.2) is 0 Å². The molecule has 1 N–H and O–H groups in total. The van der Waals surface area contributed by atoms with Crippen molar-refractivity contribution in [3.05, 3.63) is 0 Å². The minimum atomic E-state index is 0.466. The Labute approximate surface area is 108 Å². The van der Waals surface area contributed by atoms with Gasteiger partial charge in [-0.3, -0.25) is 0 Å². The van der Waals surface area contributed by atoms with Gasteiger partial charge in [0, 0.05) is 6.04 Å². The number of hydrogen-bond donors (Lipinski definition) is 1. The molecule has 0 aromatic rings. The van der Waals surface area contributed by atoms with Crippen molar-refractivity contribution in [2.24, 2.45) is 22.7 Å². The molecule has 0 aliphatic heterocycles. The molecule has 2 atom stereocenters. The molecule has 100 valence electrons. The lowest BCUT2D eigenvalue weighted by Gasteiger charge is -2.47. The van der Waals surface area contributed by atoms with Crippen molar-refractivity contribution in [1.29, 1.82) is 0 Å². The normalized spacial score (nSPS) is 33.7. The summed E-state index contributed by atoms with van der Waals surface area (Å²) in [6, 6.07) is 0.866. The van der Waals surface area contributed by atoms with Gasteiger partial charge in [-0.1, -0.05) is 34.6 Å². The summed E-state index contributed by atoms with van der Waals surface area (Å²) in [5.41, 5.74) is 1.03. The van der Waals surface area contributed by atoms with E-state index in [-0.39, 0.29) is 0 Å². The van der Waals surface area contributed by atoms with Crippen LogP contribution in [0.2, 0.25) is 0 Å². The van der Waals surface area contributed by atoms with Gasteiger partial charge in [-0.05, 0) is 61.3 Å². The lowest BCUT2D eigenvalue weighted by atomic mass is 9.59. The summed E-state index contributed by atoms with van der Waals surface area (Å²) in [6.45, 7) is 13.5. The van der Waals surface area contributed by atoms with Crippen LogP contribution in [0.3, 0.4) is 0 Å². The molecular weight excluding hydrogens is 206 g/mol. The zero-order chi connectivity index (χ0) is 12.7. The van der Waals surface area contributed by atoms with Crippen LogP contribution in [0.1, 0.15) is 66.7 Å². The van der Waals surface area contributed by atoms with Gasteiger partial charge in [-0.15, -0.1) is 0 Å². The zero-order valence-corrected chi connectivity index (χ0v) is 12.5. The van der Waals surface area contributed by atoms with Crippen LogP contribution in [0, 0.1) is 22.7 Å². The third-order valence-corrected chi connectivity index (χ3v) is 4.89. The Hall–Kier alpha value is -0.0400. The average molecular weight is 237 g/mol. The van der Waals surface area contributed by atoms with Crippen LogP contribution in [0.5, 0.6) is 0 Å². The van der Waals surface area contributed by atoms with Gasteiger partial charge in [0.15, 0.2) is 0 Å². The SMILES string of the molecule is CC1(C)CCC(CNC2CC2)C(C(C)(C)C)C1. The highest BCUT2D eigenvalue weighted by Gasteiger charge is 2.40. The van der Waals surface area contributed by atoms with E-state index in [9.17, 15) is 0 Å². The van der Waals surface area contributed by atoms with Gasteiger partial charge in [0.2, 0.25) is 0 Å². The van der Waals surface area contributed by atoms with Gasteiger partial charge in [-0.2, -0.15) is 0 Å². The van der Waals surface area contributed by atoms with E-state index in [2.05, 4.69) is 39.9 Å². The highest BCUT2D eigenvalue weighted by atomic mass is 14.9. The van der Waals surface area contributed by atoms with Gasteiger partial charge in [0.05, 0.1) is 0 Å².